The third-order valence-corrected chi connectivity index (χ3v) is 9.57. The Morgan fingerprint density at radius 1 is 1.05 bits per heavy atom. The van der Waals surface area contributed by atoms with Crippen LogP contribution in [-0.4, -0.2) is 76.7 Å². The van der Waals surface area contributed by atoms with Crippen LogP contribution in [0, 0.1) is 11.2 Å². The lowest BCUT2D eigenvalue weighted by Gasteiger charge is -2.42. The molecule has 3 aliphatic heterocycles. The van der Waals surface area contributed by atoms with E-state index in [1.165, 1.54) is 17.0 Å². The number of amides is 4. The average molecular weight is 605 g/mol. The molecule has 1 aliphatic carbocycles. The highest BCUT2D eigenvalue weighted by atomic mass is 19.1. The zero-order valence-electron chi connectivity index (χ0n) is 25.2. The molecule has 4 amide bonds. The van der Waals surface area contributed by atoms with Gasteiger partial charge in [0.2, 0.25) is 17.7 Å². The Kier molecular flexibility index (Phi) is 8.13. The van der Waals surface area contributed by atoms with Crippen LogP contribution in [0.25, 0.3) is 5.57 Å². The van der Waals surface area contributed by atoms with E-state index in [0.717, 1.165) is 34.3 Å². The Hall–Kier alpha value is -3.92. The summed E-state index contributed by atoms with van der Waals surface area (Å²) in [5.41, 5.74) is 4.84. The van der Waals surface area contributed by atoms with Crippen molar-refractivity contribution >= 4 is 29.2 Å². The first-order valence-electron chi connectivity index (χ1n) is 15.4. The molecule has 0 saturated carbocycles. The van der Waals surface area contributed by atoms with E-state index in [0.29, 0.717) is 44.5 Å². The quantitative estimate of drug-likeness (QED) is 0.499. The summed E-state index contributed by atoms with van der Waals surface area (Å²) < 4.78 is 28.1. The van der Waals surface area contributed by atoms with Gasteiger partial charge in [-0.15, -0.1) is 0 Å². The topological polar surface area (TPSA) is 90.0 Å². The van der Waals surface area contributed by atoms with Crippen LogP contribution >= 0.6 is 0 Å². The van der Waals surface area contributed by atoms with E-state index in [2.05, 4.69) is 19.2 Å². The van der Waals surface area contributed by atoms with E-state index in [4.69, 9.17) is 0 Å². The van der Waals surface area contributed by atoms with Crippen LogP contribution in [0.15, 0.2) is 48.0 Å². The number of allylic oxidation sites excluding steroid dienone is 1. The summed E-state index contributed by atoms with van der Waals surface area (Å²) >= 11 is 0. The van der Waals surface area contributed by atoms with Crippen molar-refractivity contribution in [1.29, 1.82) is 0 Å². The van der Waals surface area contributed by atoms with E-state index in [1.54, 1.807) is 23.1 Å². The summed E-state index contributed by atoms with van der Waals surface area (Å²) in [7, 11) is 0. The lowest BCUT2D eigenvalue weighted by molar-refractivity contribution is -0.137. The number of imide groups is 1. The second-order valence-electron chi connectivity index (χ2n) is 13.2. The van der Waals surface area contributed by atoms with Gasteiger partial charge in [0.15, 0.2) is 0 Å². The Labute approximate surface area is 256 Å². The second kappa shape index (κ2) is 11.9. The number of fused-ring (bicyclic) bond motifs is 1. The van der Waals surface area contributed by atoms with E-state index in [9.17, 15) is 28.0 Å². The van der Waals surface area contributed by atoms with Crippen LogP contribution < -0.4 is 5.32 Å². The zero-order chi connectivity index (χ0) is 31.2. The van der Waals surface area contributed by atoms with E-state index >= 15 is 0 Å². The van der Waals surface area contributed by atoms with Crippen molar-refractivity contribution in [3.63, 3.8) is 0 Å². The first-order valence-corrected chi connectivity index (χ1v) is 15.4. The molecule has 3 heterocycles. The molecule has 0 aromatic heterocycles. The number of piperidine rings is 1. The fourth-order valence-corrected chi connectivity index (χ4v) is 7.03. The standard InChI is InChI=1S/C34H38F2N4O4/c1-34(2)12-11-27(28(16-34)22-4-6-24(36)7-5-22)32(43)39-14-13-38(25(17-35)20-39)18-21-3-8-26-23(15-21)19-40(33(26)44)29-9-10-30(41)37-31(29)42/h3-8,15,25,29H,9-14,16-20H2,1-2H3,(H,37,41,42). The Balaban J connectivity index is 1.14. The summed E-state index contributed by atoms with van der Waals surface area (Å²) in [6.45, 7) is 5.74. The Morgan fingerprint density at radius 2 is 1.82 bits per heavy atom. The lowest BCUT2D eigenvalue weighted by atomic mass is 9.72. The van der Waals surface area contributed by atoms with Gasteiger partial charge in [-0.2, -0.15) is 0 Å². The molecule has 44 heavy (non-hydrogen) atoms. The highest BCUT2D eigenvalue weighted by molar-refractivity contribution is 6.05. The largest absolute Gasteiger partial charge is 0.336 e. The van der Waals surface area contributed by atoms with Gasteiger partial charge in [0, 0.05) is 50.3 Å². The molecule has 8 nitrogen and oxygen atoms in total. The number of halogens is 2. The number of rotatable bonds is 6. The van der Waals surface area contributed by atoms with Crippen molar-refractivity contribution in [3.05, 3.63) is 76.1 Å². The van der Waals surface area contributed by atoms with Crippen LogP contribution in [0.2, 0.25) is 0 Å². The number of piperazine rings is 1. The third kappa shape index (κ3) is 5.92. The molecule has 2 atom stereocenters. The van der Waals surface area contributed by atoms with Gasteiger partial charge in [-0.1, -0.05) is 38.1 Å². The highest BCUT2D eigenvalue weighted by Crippen LogP contribution is 2.43. The second-order valence-corrected chi connectivity index (χ2v) is 13.2. The fourth-order valence-electron chi connectivity index (χ4n) is 7.03. The first-order chi connectivity index (χ1) is 21.0. The number of carbonyl (C=O) groups excluding carboxylic acids is 4. The highest BCUT2D eigenvalue weighted by Gasteiger charge is 2.40. The number of benzene rings is 2. The number of alkyl halides is 1. The molecule has 0 bridgehead atoms. The predicted molar refractivity (Wildman–Crippen MR) is 160 cm³/mol. The molecular formula is C34H38F2N4O4. The van der Waals surface area contributed by atoms with Crippen LogP contribution in [0.3, 0.4) is 0 Å². The van der Waals surface area contributed by atoms with Gasteiger partial charge >= 0.3 is 0 Å². The molecule has 2 fully saturated rings. The summed E-state index contributed by atoms with van der Waals surface area (Å²) in [6, 6.07) is 10.7. The maximum absolute atomic E-state index is 14.4. The normalized spacial score (nSPS) is 24.0. The molecule has 0 radical (unpaired) electrons. The van der Waals surface area contributed by atoms with Crippen LogP contribution in [0.1, 0.15) is 73.0 Å². The van der Waals surface area contributed by atoms with Crippen molar-refractivity contribution in [2.75, 3.05) is 26.3 Å². The van der Waals surface area contributed by atoms with Gasteiger partial charge in [-0.25, -0.2) is 8.78 Å². The van der Waals surface area contributed by atoms with Gasteiger partial charge in [-0.3, -0.25) is 29.4 Å². The predicted octanol–water partition coefficient (Wildman–Crippen LogP) is 4.23. The van der Waals surface area contributed by atoms with Gasteiger partial charge in [0.05, 0.1) is 6.04 Å². The van der Waals surface area contributed by atoms with E-state index in [1.807, 2.05) is 17.0 Å². The molecule has 0 spiro atoms. The van der Waals surface area contributed by atoms with Crippen molar-refractivity contribution in [2.45, 2.75) is 71.1 Å². The maximum Gasteiger partial charge on any atom is 0.255 e. The van der Waals surface area contributed by atoms with Crippen molar-refractivity contribution in [2.24, 2.45) is 5.41 Å². The van der Waals surface area contributed by atoms with Gasteiger partial charge in [0.1, 0.15) is 18.5 Å². The molecule has 10 heteroatoms. The number of carbonyl (C=O) groups is 4. The molecular weight excluding hydrogens is 566 g/mol. The molecule has 2 aromatic rings. The first kappa shape index (κ1) is 30.1. The zero-order valence-corrected chi connectivity index (χ0v) is 25.2. The summed E-state index contributed by atoms with van der Waals surface area (Å²) in [6.07, 6.45) is 2.71. The minimum Gasteiger partial charge on any atom is -0.336 e. The number of nitrogens with one attached hydrogen (secondary N) is 1. The summed E-state index contributed by atoms with van der Waals surface area (Å²) in [4.78, 5) is 56.2. The Morgan fingerprint density at radius 3 is 2.55 bits per heavy atom. The van der Waals surface area contributed by atoms with Gasteiger partial charge < -0.3 is 9.80 Å². The summed E-state index contributed by atoms with van der Waals surface area (Å²) in [5.74, 6) is -1.38. The lowest BCUT2D eigenvalue weighted by Crippen LogP contribution is -2.55. The SMILES string of the molecule is CC1(C)CCC(C(=O)N2CCN(Cc3ccc4c(c3)CN(C3CCC(=O)NC3=O)C4=O)C(CF)C2)=C(c2ccc(F)cc2)C1. The maximum atomic E-state index is 14.4. The molecule has 2 aromatic carbocycles. The van der Waals surface area contributed by atoms with Gasteiger partial charge in [0.25, 0.3) is 5.91 Å². The molecule has 2 saturated heterocycles. The van der Waals surface area contributed by atoms with E-state index < -0.39 is 24.7 Å². The Bertz CT molecular complexity index is 1540. The molecule has 6 rings (SSSR count). The van der Waals surface area contributed by atoms with Crippen molar-refractivity contribution in [1.82, 2.24) is 20.0 Å². The third-order valence-electron chi connectivity index (χ3n) is 9.57. The molecule has 4 aliphatic rings. The van der Waals surface area contributed by atoms with Crippen LogP contribution in [0.5, 0.6) is 0 Å². The monoisotopic (exact) mass is 604 g/mol. The van der Waals surface area contributed by atoms with Crippen LogP contribution in [0.4, 0.5) is 8.78 Å². The van der Waals surface area contributed by atoms with Gasteiger partial charge in [-0.05, 0) is 71.6 Å². The van der Waals surface area contributed by atoms with E-state index in [-0.39, 0.29) is 48.5 Å². The minimum absolute atomic E-state index is 0.0209. The number of hydrogen-bond donors (Lipinski definition) is 1. The average Bonchev–Trinajstić information content (AvgIpc) is 3.32. The smallest absolute Gasteiger partial charge is 0.255 e. The molecule has 232 valence electrons. The molecule has 1 N–H and O–H groups in total. The summed E-state index contributed by atoms with van der Waals surface area (Å²) in [5, 5.41) is 2.32. The van der Waals surface area contributed by atoms with Crippen LogP contribution in [-0.2, 0) is 27.5 Å². The fraction of sp³-hybridized carbons (Fsp3) is 0.471. The number of hydrogen-bond acceptors (Lipinski definition) is 5. The minimum atomic E-state index is -0.675. The van der Waals surface area contributed by atoms with Crippen molar-refractivity contribution in [3.8, 4) is 0 Å². The number of nitrogens with zero attached hydrogens (tertiary/aromatic N) is 3. The van der Waals surface area contributed by atoms with Crippen molar-refractivity contribution < 1.29 is 28.0 Å². The molecule has 2 unspecified atom stereocenters.